The van der Waals surface area contributed by atoms with Gasteiger partial charge in [-0.05, 0) is 0 Å². The molecule has 7 nitrogen and oxygen atoms in total. The molecular formula is C20F33N3O4. The lowest BCUT2D eigenvalue weighted by Crippen LogP contribution is -2.64. The maximum Gasteiger partial charge on any atom is 0.458 e. The fourth-order valence-corrected chi connectivity index (χ4v) is 3.56. The lowest BCUT2D eigenvalue weighted by molar-refractivity contribution is -0.533. The van der Waals surface area contributed by atoms with Gasteiger partial charge in [-0.25, -0.2) is 15.0 Å². The van der Waals surface area contributed by atoms with Crippen LogP contribution in [0.3, 0.4) is 0 Å². The van der Waals surface area contributed by atoms with Crippen LogP contribution < -0.4 is 0 Å². The predicted octanol–water partition coefficient (Wildman–Crippen LogP) is 9.87. The zero-order chi connectivity index (χ0) is 48.2. The van der Waals surface area contributed by atoms with E-state index in [1.165, 1.54) is 9.47 Å². The number of alkyl halides is 33. The van der Waals surface area contributed by atoms with Crippen LogP contribution in [0.1, 0.15) is 17.5 Å². The maximum absolute atomic E-state index is 14.7. The fourth-order valence-electron chi connectivity index (χ4n) is 3.56. The average molecular weight is 973 g/mol. The van der Waals surface area contributed by atoms with Gasteiger partial charge in [-0.1, -0.05) is 0 Å². The Morgan fingerprint density at radius 1 is 0.317 bits per heavy atom. The first kappa shape index (κ1) is 50.9. The Bertz CT molecular complexity index is 1690. The number of hydrogen-bond donors (Lipinski definition) is 0. The molecule has 2 unspecified atom stereocenters. The topological polar surface area (TPSA) is 75.6 Å². The Balaban J connectivity index is 2.21. The standard InChI is InChI=1S/C20F33N3O4/c21-4(22,17(46,47)59-13(38,15(40,41)42)19(50,51)57-11(36)7(28,29)8(11,30)31)1-54-2(56-3(55-1)6(25,26)27)5(23,24)18(48,49)60-14(39,16(43,44)45)20(52,53)58-12(37)9(32,33)10(12,34)35. The molecule has 1 aromatic heterocycles. The maximum atomic E-state index is 14.7. The second kappa shape index (κ2) is 12.6. The summed E-state index contributed by atoms with van der Waals surface area (Å²) in [6, 6.07) is 0. The van der Waals surface area contributed by atoms with Crippen LogP contribution in [-0.4, -0.2) is 98.8 Å². The van der Waals surface area contributed by atoms with Crippen LogP contribution in [-0.2, 0) is 37.0 Å². The summed E-state index contributed by atoms with van der Waals surface area (Å²) in [5.74, 6) is -87.9. The van der Waals surface area contributed by atoms with Crippen LogP contribution in [0.2, 0.25) is 0 Å². The molecule has 1 heterocycles. The lowest BCUT2D eigenvalue weighted by Gasteiger charge is -2.38. The van der Waals surface area contributed by atoms with Gasteiger partial charge in [0.25, 0.3) is 0 Å². The third-order valence-corrected chi connectivity index (χ3v) is 7.01. The molecule has 3 rings (SSSR count). The van der Waals surface area contributed by atoms with E-state index in [4.69, 9.17) is 0 Å². The predicted molar refractivity (Wildman–Crippen MR) is 104 cm³/mol. The van der Waals surface area contributed by atoms with Crippen molar-refractivity contribution in [3.05, 3.63) is 17.5 Å². The quantitative estimate of drug-likeness (QED) is 0.172. The van der Waals surface area contributed by atoms with Crippen molar-refractivity contribution in [3.63, 3.8) is 0 Å². The van der Waals surface area contributed by atoms with E-state index in [2.05, 4.69) is 0 Å². The second-order valence-electron chi connectivity index (χ2n) is 11.1. The smallest absolute Gasteiger partial charge is 0.267 e. The van der Waals surface area contributed by atoms with Crippen molar-refractivity contribution < 1.29 is 164 Å². The summed E-state index contributed by atoms with van der Waals surface area (Å²) in [6.45, 7) is 0. The zero-order valence-electron chi connectivity index (χ0n) is 25.4. The normalized spacial score (nSPS) is 23.8. The summed E-state index contributed by atoms with van der Waals surface area (Å²) in [5, 5.41) is 0. The highest BCUT2D eigenvalue weighted by atomic mass is 19.4. The van der Waals surface area contributed by atoms with Crippen molar-refractivity contribution in [1.29, 1.82) is 0 Å². The van der Waals surface area contributed by atoms with Gasteiger partial charge in [-0.2, -0.15) is 145 Å². The molecule has 0 spiro atoms. The summed E-state index contributed by atoms with van der Waals surface area (Å²) in [6.07, 6.45) is -57.3. The second-order valence-corrected chi connectivity index (χ2v) is 11.1. The van der Waals surface area contributed by atoms with E-state index < -0.39 is 119 Å². The summed E-state index contributed by atoms with van der Waals surface area (Å²) in [7, 11) is 0. The van der Waals surface area contributed by atoms with Crippen LogP contribution in [0.15, 0.2) is 0 Å². The Morgan fingerprint density at radius 2 is 0.533 bits per heavy atom. The van der Waals surface area contributed by atoms with Gasteiger partial charge in [-0.15, -0.1) is 0 Å². The van der Waals surface area contributed by atoms with Gasteiger partial charge in [0.15, 0.2) is 0 Å². The van der Waals surface area contributed by atoms with Crippen molar-refractivity contribution in [2.24, 2.45) is 0 Å². The first-order valence-corrected chi connectivity index (χ1v) is 13.0. The van der Waals surface area contributed by atoms with Gasteiger partial charge < -0.3 is 0 Å². The first-order chi connectivity index (χ1) is 25.6. The zero-order valence-corrected chi connectivity index (χ0v) is 25.4. The molecule has 1 aromatic rings. The fraction of sp³-hybridized carbons (Fsp3) is 0.850. The Hall–Kier alpha value is -3.46. The van der Waals surface area contributed by atoms with E-state index in [1.54, 1.807) is 9.47 Å². The SMILES string of the molecule is FC(F)(F)c1nc(C(F)(F)C(F)(F)OC(F)(C(F)(F)F)C(F)(F)OC2(F)C(F)(F)C2(F)F)nc(C(F)(F)C(F)(F)OC(F)(C(F)(F)F)C(F)(F)OC2(F)C(F)(F)C2(F)F)n1. The molecule has 2 fully saturated rings. The summed E-state index contributed by atoms with van der Waals surface area (Å²) < 4.78 is 456. The largest absolute Gasteiger partial charge is 0.458 e. The van der Waals surface area contributed by atoms with E-state index in [0.29, 0.717) is 0 Å². The number of rotatable bonds is 14. The number of ether oxygens (including phenoxy) is 4. The minimum absolute atomic E-state index is 0.843. The average Bonchev–Trinajstić information content (AvgIpc) is 3.48. The third-order valence-electron chi connectivity index (χ3n) is 7.01. The van der Waals surface area contributed by atoms with Crippen molar-refractivity contribution in [2.45, 2.75) is 102 Å². The van der Waals surface area contributed by atoms with Crippen molar-refractivity contribution in [3.8, 4) is 0 Å². The van der Waals surface area contributed by atoms with Gasteiger partial charge >= 0.3 is 102 Å². The van der Waals surface area contributed by atoms with E-state index in [-0.39, 0.29) is 0 Å². The number of nitrogens with zero attached hydrogens (tertiary/aromatic N) is 3. The van der Waals surface area contributed by atoms with Crippen LogP contribution in [0, 0.1) is 0 Å². The Morgan fingerprint density at radius 3 is 0.717 bits per heavy atom. The van der Waals surface area contributed by atoms with Gasteiger partial charge in [0.2, 0.25) is 17.5 Å². The number of halogens is 33. The molecule has 40 heteroatoms. The summed E-state index contributed by atoms with van der Waals surface area (Å²) in [5.41, 5.74) is 0. The van der Waals surface area contributed by atoms with Gasteiger partial charge in [0.05, 0.1) is 0 Å². The highest BCUT2D eigenvalue weighted by Gasteiger charge is 3.04. The molecule has 60 heavy (non-hydrogen) atoms. The molecule has 2 aliphatic carbocycles. The highest BCUT2D eigenvalue weighted by Crippen LogP contribution is 2.72. The van der Waals surface area contributed by atoms with Gasteiger partial charge in [0.1, 0.15) is 0 Å². The third kappa shape index (κ3) is 6.55. The molecule has 0 N–H and O–H groups in total. The Labute approximate surface area is 299 Å². The molecule has 350 valence electrons. The molecule has 2 atom stereocenters. The van der Waals surface area contributed by atoms with E-state index >= 15 is 0 Å². The molecule has 0 saturated heterocycles. The van der Waals surface area contributed by atoms with Crippen LogP contribution >= 0.6 is 0 Å². The van der Waals surface area contributed by atoms with E-state index in [9.17, 15) is 145 Å². The number of aromatic nitrogens is 3. The molecular weight excluding hydrogens is 973 g/mol. The highest BCUT2D eigenvalue weighted by molar-refractivity contribution is 5.25. The Kier molecular flexibility index (Phi) is 10.7. The first-order valence-electron chi connectivity index (χ1n) is 13.0. The molecule has 0 radical (unpaired) electrons. The summed E-state index contributed by atoms with van der Waals surface area (Å²) >= 11 is 0. The van der Waals surface area contributed by atoms with Gasteiger partial charge in [-0.3, -0.25) is 18.9 Å². The van der Waals surface area contributed by atoms with Gasteiger partial charge in [0, 0.05) is 0 Å². The molecule has 0 aromatic carbocycles. The minimum atomic E-state index is -8.53. The van der Waals surface area contributed by atoms with Crippen molar-refractivity contribution >= 4 is 0 Å². The van der Waals surface area contributed by atoms with Crippen molar-refractivity contribution in [1.82, 2.24) is 15.0 Å². The van der Waals surface area contributed by atoms with E-state index in [0.717, 1.165) is 15.0 Å². The summed E-state index contributed by atoms with van der Waals surface area (Å²) in [4.78, 5) is 2.83. The monoisotopic (exact) mass is 973 g/mol. The van der Waals surface area contributed by atoms with Crippen molar-refractivity contribution in [2.75, 3.05) is 0 Å². The molecule has 0 bridgehead atoms. The molecule has 2 saturated carbocycles. The minimum Gasteiger partial charge on any atom is -0.267 e. The molecule has 0 aliphatic heterocycles. The lowest BCUT2D eigenvalue weighted by atomic mass is 10.2. The molecule has 2 aliphatic rings. The van der Waals surface area contributed by atoms with Crippen LogP contribution in [0.25, 0.3) is 0 Å². The van der Waals surface area contributed by atoms with E-state index in [1.807, 2.05) is 0 Å². The number of hydrogen-bond acceptors (Lipinski definition) is 7. The molecule has 0 amide bonds. The van der Waals surface area contributed by atoms with Crippen LogP contribution in [0.5, 0.6) is 0 Å². The van der Waals surface area contributed by atoms with Crippen LogP contribution in [0.4, 0.5) is 145 Å².